The summed E-state index contributed by atoms with van der Waals surface area (Å²) in [5.41, 5.74) is 0. The van der Waals surface area contributed by atoms with Gasteiger partial charge in [0.05, 0.1) is 0 Å². The van der Waals surface area contributed by atoms with Gasteiger partial charge in [-0.2, -0.15) is 11.8 Å². The van der Waals surface area contributed by atoms with Crippen LogP contribution in [0.25, 0.3) is 0 Å². The summed E-state index contributed by atoms with van der Waals surface area (Å²) in [7, 11) is 0. The molecule has 2 heteroatoms. The Bertz CT molecular complexity index is 115. The monoisotopic (exact) mass is 173 g/mol. The van der Waals surface area contributed by atoms with Crippen LogP contribution in [0, 0.1) is 0 Å². The third-order valence-electron chi connectivity index (χ3n) is 2.18. The summed E-state index contributed by atoms with van der Waals surface area (Å²) in [5, 5.41) is 1.64. The Kier molecular flexibility index (Phi) is 3.26. The summed E-state index contributed by atoms with van der Waals surface area (Å²) in [6, 6.07) is 0.723. The zero-order chi connectivity index (χ0) is 8.43. The summed E-state index contributed by atoms with van der Waals surface area (Å²) in [6.07, 6.45) is 0. The van der Waals surface area contributed by atoms with Gasteiger partial charge in [0.1, 0.15) is 0 Å². The summed E-state index contributed by atoms with van der Waals surface area (Å²) in [4.78, 5) is 2.58. The molecule has 0 bridgehead atoms. The Morgan fingerprint density at radius 3 is 2.00 bits per heavy atom. The minimum atomic E-state index is 0.723. The predicted molar refractivity (Wildman–Crippen MR) is 53.2 cm³/mol. The van der Waals surface area contributed by atoms with Crippen LogP contribution in [0.5, 0.6) is 0 Å². The third kappa shape index (κ3) is 2.68. The molecule has 0 saturated carbocycles. The zero-order valence-corrected chi connectivity index (χ0v) is 8.82. The maximum absolute atomic E-state index is 2.58. The molecule has 2 unspecified atom stereocenters. The van der Waals surface area contributed by atoms with E-state index in [0.717, 1.165) is 16.5 Å². The van der Waals surface area contributed by atoms with Gasteiger partial charge in [0.15, 0.2) is 0 Å². The van der Waals surface area contributed by atoms with Crippen molar-refractivity contribution in [3.8, 4) is 0 Å². The molecule has 2 atom stereocenters. The SMILES string of the molecule is CC1CN(C(C)C)CC(C)S1. The van der Waals surface area contributed by atoms with Crippen LogP contribution in [0.3, 0.4) is 0 Å². The molecule has 0 N–H and O–H groups in total. The first-order valence-corrected chi connectivity index (χ1v) is 5.43. The highest BCUT2D eigenvalue weighted by Gasteiger charge is 2.23. The highest BCUT2D eigenvalue weighted by atomic mass is 32.2. The van der Waals surface area contributed by atoms with Gasteiger partial charge in [-0.1, -0.05) is 13.8 Å². The van der Waals surface area contributed by atoms with Crippen molar-refractivity contribution < 1.29 is 0 Å². The van der Waals surface area contributed by atoms with Crippen LogP contribution >= 0.6 is 11.8 Å². The van der Waals surface area contributed by atoms with E-state index in [2.05, 4.69) is 44.4 Å². The van der Waals surface area contributed by atoms with E-state index in [1.807, 2.05) is 0 Å². The fraction of sp³-hybridized carbons (Fsp3) is 1.00. The lowest BCUT2D eigenvalue weighted by molar-refractivity contribution is 0.219. The Balaban J connectivity index is 2.43. The predicted octanol–water partition coefficient (Wildman–Crippen LogP) is 2.22. The van der Waals surface area contributed by atoms with Crippen molar-refractivity contribution in [2.24, 2.45) is 0 Å². The maximum Gasteiger partial charge on any atom is 0.0149 e. The van der Waals surface area contributed by atoms with Crippen molar-refractivity contribution in [2.75, 3.05) is 13.1 Å². The topological polar surface area (TPSA) is 3.24 Å². The van der Waals surface area contributed by atoms with E-state index in [4.69, 9.17) is 0 Å². The number of nitrogens with zero attached hydrogens (tertiary/aromatic N) is 1. The van der Waals surface area contributed by atoms with E-state index >= 15 is 0 Å². The van der Waals surface area contributed by atoms with Gasteiger partial charge >= 0.3 is 0 Å². The summed E-state index contributed by atoms with van der Waals surface area (Å²) >= 11 is 2.12. The van der Waals surface area contributed by atoms with Gasteiger partial charge in [0.25, 0.3) is 0 Å². The second-order valence-corrected chi connectivity index (χ2v) is 5.69. The van der Waals surface area contributed by atoms with Gasteiger partial charge in [-0.3, -0.25) is 4.90 Å². The molecule has 0 aromatic rings. The zero-order valence-electron chi connectivity index (χ0n) is 8.00. The molecule has 0 aliphatic carbocycles. The van der Waals surface area contributed by atoms with Crippen LogP contribution in [0.1, 0.15) is 27.7 Å². The van der Waals surface area contributed by atoms with Gasteiger partial charge in [0.2, 0.25) is 0 Å². The highest BCUT2D eigenvalue weighted by molar-refractivity contribution is 8.00. The Morgan fingerprint density at radius 2 is 1.64 bits per heavy atom. The summed E-state index contributed by atoms with van der Waals surface area (Å²) < 4.78 is 0. The second-order valence-electron chi connectivity index (χ2n) is 3.80. The van der Waals surface area contributed by atoms with Gasteiger partial charge < -0.3 is 0 Å². The minimum Gasteiger partial charge on any atom is -0.299 e. The van der Waals surface area contributed by atoms with Crippen LogP contribution in [0.15, 0.2) is 0 Å². The molecular formula is C9H19NS. The summed E-state index contributed by atoms with van der Waals surface area (Å²) in [6.45, 7) is 11.8. The smallest absolute Gasteiger partial charge is 0.0149 e. The van der Waals surface area contributed by atoms with E-state index in [1.165, 1.54) is 13.1 Å². The molecule has 0 amide bonds. The van der Waals surface area contributed by atoms with E-state index < -0.39 is 0 Å². The first kappa shape index (κ1) is 9.40. The van der Waals surface area contributed by atoms with Gasteiger partial charge in [-0.15, -0.1) is 0 Å². The highest BCUT2D eigenvalue weighted by Crippen LogP contribution is 2.25. The average molecular weight is 173 g/mol. The first-order chi connectivity index (χ1) is 5.09. The van der Waals surface area contributed by atoms with Crippen molar-refractivity contribution in [1.82, 2.24) is 4.90 Å². The first-order valence-electron chi connectivity index (χ1n) is 4.49. The van der Waals surface area contributed by atoms with Crippen molar-refractivity contribution >= 4 is 11.8 Å². The molecule has 1 heterocycles. The fourth-order valence-electron chi connectivity index (χ4n) is 1.64. The van der Waals surface area contributed by atoms with Crippen LogP contribution < -0.4 is 0 Å². The van der Waals surface area contributed by atoms with Crippen molar-refractivity contribution in [1.29, 1.82) is 0 Å². The molecule has 66 valence electrons. The largest absolute Gasteiger partial charge is 0.299 e. The number of rotatable bonds is 1. The van der Waals surface area contributed by atoms with E-state index in [-0.39, 0.29) is 0 Å². The molecule has 1 nitrogen and oxygen atoms in total. The fourth-order valence-corrected chi connectivity index (χ4v) is 2.99. The molecular weight excluding hydrogens is 154 g/mol. The quantitative estimate of drug-likeness (QED) is 0.598. The molecule has 11 heavy (non-hydrogen) atoms. The van der Waals surface area contributed by atoms with E-state index in [1.54, 1.807) is 0 Å². The lowest BCUT2D eigenvalue weighted by Gasteiger charge is -2.37. The molecule has 1 fully saturated rings. The van der Waals surface area contributed by atoms with Crippen LogP contribution in [-0.2, 0) is 0 Å². The molecule has 1 aliphatic heterocycles. The van der Waals surface area contributed by atoms with E-state index in [0.29, 0.717) is 0 Å². The number of thioether (sulfide) groups is 1. The Labute approximate surface area is 74.5 Å². The van der Waals surface area contributed by atoms with Crippen LogP contribution in [-0.4, -0.2) is 34.5 Å². The van der Waals surface area contributed by atoms with Crippen molar-refractivity contribution in [2.45, 2.75) is 44.2 Å². The Hall–Kier alpha value is 0.310. The van der Waals surface area contributed by atoms with E-state index in [9.17, 15) is 0 Å². The van der Waals surface area contributed by atoms with Gasteiger partial charge in [-0.05, 0) is 13.8 Å². The molecule has 0 aromatic heterocycles. The maximum atomic E-state index is 2.58. The van der Waals surface area contributed by atoms with Gasteiger partial charge in [0, 0.05) is 29.6 Å². The van der Waals surface area contributed by atoms with Crippen molar-refractivity contribution in [3.05, 3.63) is 0 Å². The molecule has 0 spiro atoms. The normalized spacial score (nSPS) is 34.6. The molecule has 1 saturated heterocycles. The molecule has 1 aliphatic rings. The lowest BCUT2D eigenvalue weighted by atomic mass is 10.2. The Morgan fingerprint density at radius 1 is 1.18 bits per heavy atom. The lowest BCUT2D eigenvalue weighted by Crippen LogP contribution is -2.44. The minimum absolute atomic E-state index is 0.723. The summed E-state index contributed by atoms with van der Waals surface area (Å²) in [5.74, 6) is 0. The molecule has 0 aromatic carbocycles. The van der Waals surface area contributed by atoms with Gasteiger partial charge in [-0.25, -0.2) is 0 Å². The number of hydrogen-bond donors (Lipinski definition) is 0. The number of hydrogen-bond acceptors (Lipinski definition) is 2. The van der Waals surface area contributed by atoms with Crippen molar-refractivity contribution in [3.63, 3.8) is 0 Å². The average Bonchev–Trinajstić information content (AvgIpc) is 1.85. The standard InChI is InChI=1S/C9H19NS/c1-7(2)10-5-8(3)11-9(4)6-10/h7-9H,5-6H2,1-4H3. The van der Waals surface area contributed by atoms with Crippen LogP contribution in [0.4, 0.5) is 0 Å². The molecule has 1 rings (SSSR count). The molecule has 0 radical (unpaired) electrons. The van der Waals surface area contributed by atoms with Crippen LogP contribution in [0.2, 0.25) is 0 Å². The second kappa shape index (κ2) is 3.81. The third-order valence-corrected chi connectivity index (χ3v) is 3.41.